The van der Waals surface area contributed by atoms with Gasteiger partial charge < -0.3 is 24.1 Å². The number of hydrogen-bond acceptors (Lipinski definition) is 5. The highest BCUT2D eigenvalue weighted by Gasteiger charge is 2.20. The van der Waals surface area contributed by atoms with Gasteiger partial charge in [0, 0.05) is 5.56 Å². The zero-order chi connectivity index (χ0) is 20.0. The SMILES string of the molecule is COc1ccc(OCCOc2cc(C(=O)O)ccc2OC)c(C(C)(C)C)c1. The molecule has 2 aromatic rings. The van der Waals surface area contributed by atoms with Crippen LogP contribution in [0.5, 0.6) is 23.0 Å². The zero-order valence-corrected chi connectivity index (χ0v) is 16.4. The minimum absolute atomic E-state index is 0.107. The molecule has 0 saturated carbocycles. The normalized spacial score (nSPS) is 11.0. The van der Waals surface area contributed by atoms with Crippen LogP contribution in [0, 0.1) is 0 Å². The molecule has 2 rings (SSSR count). The second kappa shape index (κ2) is 8.66. The van der Waals surface area contributed by atoms with Crippen LogP contribution in [0.2, 0.25) is 0 Å². The molecule has 0 atom stereocenters. The predicted octanol–water partition coefficient (Wildman–Crippen LogP) is 4.16. The van der Waals surface area contributed by atoms with Gasteiger partial charge in [-0.25, -0.2) is 4.79 Å². The Balaban J connectivity index is 2.05. The second-order valence-electron chi connectivity index (χ2n) is 6.98. The van der Waals surface area contributed by atoms with Crippen LogP contribution in [0.3, 0.4) is 0 Å². The maximum atomic E-state index is 11.1. The topological polar surface area (TPSA) is 74.2 Å². The van der Waals surface area contributed by atoms with Gasteiger partial charge in [-0.1, -0.05) is 20.8 Å². The Morgan fingerprint density at radius 2 is 1.52 bits per heavy atom. The molecular weight excluding hydrogens is 348 g/mol. The van der Waals surface area contributed by atoms with E-state index in [0.29, 0.717) is 18.1 Å². The molecule has 0 bridgehead atoms. The van der Waals surface area contributed by atoms with E-state index >= 15 is 0 Å². The van der Waals surface area contributed by atoms with Crippen molar-refractivity contribution in [3.8, 4) is 23.0 Å². The number of rotatable bonds is 8. The number of carboxylic acids is 1. The zero-order valence-electron chi connectivity index (χ0n) is 16.4. The van der Waals surface area contributed by atoms with Gasteiger partial charge in [-0.05, 0) is 41.8 Å². The highest BCUT2D eigenvalue weighted by atomic mass is 16.5. The fourth-order valence-electron chi connectivity index (χ4n) is 2.57. The van der Waals surface area contributed by atoms with E-state index in [1.54, 1.807) is 13.2 Å². The van der Waals surface area contributed by atoms with Gasteiger partial charge in [-0.3, -0.25) is 0 Å². The van der Waals surface area contributed by atoms with Crippen LogP contribution in [0.15, 0.2) is 36.4 Å². The van der Waals surface area contributed by atoms with E-state index in [1.807, 2.05) is 18.2 Å². The molecule has 2 aromatic carbocycles. The fraction of sp³-hybridized carbons (Fsp3) is 0.381. The Bertz CT molecular complexity index is 792. The van der Waals surface area contributed by atoms with Crippen LogP contribution in [0.4, 0.5) is 0 Å². The third kappa shape index (κ3) is 5.29. The van der Waals surface area contributed by atoms with E-state index in [0.717, 1.165) is 17.1 Å². The summed E-state index contributed by atoms with van der Waals surface area (Å²) in [7, 11) is 3.14. The van der Waals surface area contributed by atoms with Gasteiger partial charge in [0.15, 0.2) is 11.5 Å². The number of hydrogen-bond donors (Lipinski definition) is 1. The summed E-state index contributed by atoms with van der Waals surface area (Å²) in [5.41, 5.74) is 1.06. The maximum absolute atomic E-state index is 11.1. The van der Waals surface area contributed by atoms with Gasteiger partial charge in [-0.15, -0.1) is 0 Å². The molecule has 146 valence electrons. The molecule has 0 aliphatic carbocycles. The first-order valence-corrected chi connectivity index (χ1v) is 8.61. The van der Waals surface area contributed by atoms with Gasteiger partial charge in [0.1, 0.15) is 24.7 Å². The quantitative estimate of drug-likeness (QED) is 0.700. The molecule has 0 spiro atoms. The molecule has 0 unspecified atom stereocenters. The summed E-state index contributed by atoms with van der Waals surface area (Å²) in [6.45, 7) is 6.86. The van der Waals surface area contributed by atoms with Gasteiger partial charge in [-0.2, -0.15) is 0 Å². The van der Waals surface area contributed by atoms with Crippen molar-refractivity contribution in [1.82, 2.24) is 0 Å². The van der Waals surface area contributed by atoms with Crippen LogP contribution >= 0.6 is 0 Å². The van der Waals surface area contributed by atoms with Crippen molar-refractivity contribution in [2.24, 2.45) is 0 Å². The molecule has 27 heavy (non-hydrogen) atoms. The smallest absolute Gasteiger partial charge is 0.335 e. The van der Waals surface area contributed by atoms with E-state index in [4.69, 9.17) is 24.1 Å². The molecule has 1 N–H and O–H groups in total. The van der Waals surface area contributed by atoms with Crippen LogP contribution in [0.25, 0.3) is 0 Å². The van der Waals surface area contributed by atoms with E-state index in [1.165, 1.54) is 19.2 Å². The van der Waals surface area contributed by atoms with Crippen molar-refractivity contribution < 1.29 is 28.8 Å². The third-order valence-electron chi connectivity index (χ3n) is 4.00. The van der Waals surface area contributed by atoms with Gasteiger partial charge in [0.25, 0.3) is 0 Å². The first-order chi connectivity index (χ1) is 12.8. The molecule has 0 fully saturated rings. The summed E-state index contributed by atoms with van der Waals surface area (Å²) in [5.74, 6) is 1.36. The minimum Gasteiger partial charge on any atom is -0.497 e. The minimum atomic E-state index is -1.02. The molecule has 0 aliphatic rings. The number of ether oxygens (including phenoxy) is 4. The average Bonchev–Trinajstić information content (AvgIpc) is 2.64. The third-order valence-corrected chi connectivity index (χ3v) is 4.00. The predicted molar refractivity (Wildman–Crippen MR) is 103 cm³/mol. The lowest BCUT2D eigenvalue weighted by molar-refractivity contribution is 0.0696. The van der Waals surface area contributed by atoms with Crippen molar-refractivity contribution in [1.29, 1.82) is 0 Å². The largest absolute Gasteiger partial charge is 0.497 e. The summed E-state index contributed by atoms with van der Waals surface area (Å²) < 4.78 is 22.1. The summed E-state index contributed by atoms with van der Waals surface area (Å²) in [6.07, 6.45) is 0. The molecule has 0 aliphatic heterocycles. The highest BCUT2D eigenvalue weighted by molar-refractivity contribution is 5.88. The van der Waals surface area contributed by atoms with Gasteiger partial charge in [0.05, 0.1) is 19.8 Å². The number of carboxylic acid groups (broad SMARTS) is 1. The molecule has 6 nitrogen and oxygen atoms in total. The lowest BCUT2D eigenvalue weighted by Gasteiger charge is -2.23. The lowest BCUT2D eigenvalue weighted by atomic mass is 9.86. The Labute approximate surface area is 159 Å². The standard InChI is InChI=1S/C21H26O6/c1-21(2,3)16-13-15(24-4)7-9-17(16)26-10-11-27-19-12-14(20(22)23)6-8-18(19)25-5/h6-9,12-13H,10-11H2,1-5H3,(H,22,23). The molecule has 0 radical (unpaired) electrons. The number of methoxy groups -OCH3 is 2. The molecule has 0 heterocycles. The Hall–Kier alpha value is -2.89. The van der Waals surface area contributed by atoms with E-state index in [-0.39, 0.29) is 17.6 Å². The Morgan fingerprint density at radius 1 is 0.889 bits per heavy atom. The summed E-state index contributed by atoms with van der Waals surface area (Å²) >= 11 is 0. The molecule has 0 amide bonds. The van der Waals surface area contributed by atoms with E-state index < -0.39 is 5.97 Å². The van der Waals surface area contributed by atoms with Crippen LogP contribution in [-0.4, -0.2) is 38.5 Å². The fourth-order valence-corrected chi connectivity index (χ4v) is 2.57. The van der Waals surface area contributed by atoms with Crippen molar-refractivity contribution in [3.63, 3.8) is 0 Å². The summed E-state index contributed by atoms with van der Waals surface area (Å²) in [6, 6.07) is 10.2. The highest BCUT2D eigenvalue weighted by Crippen LogP contribution is 2.34. The Kier molecular flexibility index (Phi) is 6.55. The number of benzene rings is 2. The Morgan fingerprint density at radius 3 is 2.07 bits per heavy atom. The molecular formula is C21H26O6. The van der Waals surface area contributed by atoms with Gasteiger partial charge >= 0.3 is 5.97 Å². The maximum Gasteiger partial charge on any atom is 0.335 e. The van der Waals surface area contributed by atoms with E-state index in [2.05, 4.69) is 20.8 Å². The van der Waals surface area contributed by atoms with Crippen molar-refractivity contribution in [2.45, 2.75) is 26.2 Å². The first-order valence-electron chi connectivity index (χ1n) is 8.61. The summed E-state index contributed by atoms with van der Waals surface area (Å²) in [5, 5.41) is 9.11. The van der Waals surface area contributed by atoms with Crippen molar-refractivity contribution in [3.05, 3.63) is 47.5 Å². The number of carbonyl (C=O) groups is 1. The summed E-state index contributed by atoms with van der Waals surface area (Å²) in [4.78, 5) is 11.1. The molecule has 6 heteroatoms. The van der Waals surface area contributed by atoms with Crippen LogP contribution in [-0.2, 0) is 5.41 Å². The van der Waals surface area contributed by atoms with E-state index in [9.17, 15) is 4.79 Å². The number of aromatic carboxylic acids is 1. The van der Waals surface area contributed by atoms with Gasteiger partial charge in [0.2, 0.25) is 0 Å². The lowest BCUT2D eigenvalue weighted by Crippen LogP contribution is -2.16. The molecule has 0 aromatic heterocycles. The van der Waals surface area contributed by atoms with Crippen LogP contribution in [0.1, 0.15) is 36.7 Å². The monoisotopic (exact) mass is 374 g/mol. The first kappa shape index (κ1) is 20.4. The van der Waals surface area contributed by atoms with Crippen molar-refractivity contribution in [2.75, 3.05) is 27.4 Å². The average molecular weight is 374 g/mol. The second-order valence-corrected chi connectivity index (χ2v) is 6.98. The molecule has 0 saturated heterocycles. The van der Waals surface area contributed by atoms with Crippen molar-refractivity contribution >= 4 is 5.97 Å². The van der Waals surface area contributed by atoms with Crippen LogP contribution < -0.4 is 18.9 Å².